The van der Waals surface area contributed by atoms with E-state index in [1.807, 2.05) is 24.3 Å². The maximum atomic E-state index is 11.1. The van der Waals surface area contributed by atoms with Gasteiger partial charge in [0.2, 0.25) is 0 Å². The zero-order valence-electron chi connectivity index (χ0n) is 11.7. The molecule has 1 aliphatic carbocycles. The van der Waals surface area contributed by atoms with Crippen molar-refractivity contribution in [3.8, 4) is 5.75 Å². The van der Waals surface area contributed by atoms with Crippen LogP contribution in [0.4, 0.5) is 0 Å². The van der Waals surface area contributed by atoms with Gasteiger partial charge in [0.25, 0.3) is 0 Å². The van der Waals surface area contributed by atoms with E-state index in [2.05, 4.69) is 34.1 Å². The molecule has 1 aliphatic heterocycles. The first kappa shape index (κ1) is 13.4. The number of fused-ring (bicyclic) bond motifs is 1. The van der Waals surface area contributed by atoms with E-state index in [-0.39, 0.29) is 5.41 Å². The van der Waals surface area contributed by atoms with Crippen molar-refractivity contribution < 1.29 is 9.84 Å². The van der Waals surface area contributed by atoms with Gasteiger partial charge < -0.3 is 9.84 Å². The van der Waals surface area contributed by atoms with Crippen LogP contribution in [-0.2, 0) is 11.8 Å². The number of ether oxygens (including phenoxy) is 1. The van der Waals surface area contributed by atoms with Gasteiger partial charge in [-0.15, -0.1) is 0 Å². The summed E-state index contributed by atoms with van der Waals surface area (Å²) >= 11 is 3.56. The first-order valence-corrected chi connectivity index (χ1v) is 8.19. The van der Waals surface area contributed by atoms with E-state index in [0.717, 1.165) is 35.0 Å². The number of rotatable bonds is 3. The van der Waals surface area contributed by atoms with Gasteiger partial charge in [-0.2, -0.15) is 0 Å². The molecule has 108 valence electrons. The Bertz CT molecular complexity index is 677. The smallest absolute Gasteiger partial charge is 0.128 e. The van der Waals surface area contributed by atoms with Gasteiger partial charge in [0.15, 0.2) is 0 Å². The molecule has 1 atom stereocenters. The van der Waals surface area contributed by atoms with E-state index in [0.29, 0.717) is 6.61 Å². The van der Waals surface area contributed by atoms with E-state index in [1.54, 1.807) is 0 Å². The summed E-state index contributed by atoms with van der Waals surface area (Å²) in [6.45, 7) is 0.712. The lowest BCUT2D eigenvalue weighted by Crippen LogP contribution is -2.19. The molecule has 0 radical (unpaired) electrons. The van der Waals surface area contributed by atoms with Crippen molar-refractivity contribution in [3.05, 3.63) is 63.6 Å². The molecule has 1 fully saturated rings. The normalized spacial score (nSPS) is 19.7. The largest absolute Gasteiger partial charge is 0.493 e. The Morgan fingerprint density at radius 1 is 1.14 bits per heavy atom. The van der Waals surface area contributed by atoms with Gasteiger partial charge in [0.1, 0.15) is 5.75 Å². The highest BCUT2D eigenvalue weighted by atomic mass is 79.9. The Hall–Kier alpha value is -1.32. The SMILES string of the molecule is OC(c1cc(Br)cc2c1OCC2)C1(c2ccccc2)CC1. The molecule has 0 spiro atoms. The summed E-state index contributed by atoms with van der Waals surface area (Å²) in [5.41, 5.74) is 3.21. The second-order valence-electron chi connectivity index (χ2n) is 6.01. The number of aliphatic hydroxyl groups excluding tert-OH is 1. The van der Waals surface area contributed by atoms with Gasteiger partial charge in [0.05, 0.1) is 12.7 Å². The van der Waals surface area contributed by atoms with E-state index in [1.165, 1.54) is 11.1 Å². The maximum absolute atomic E-state index is 11.1. The predicted octanol–water partition coefficient (Wildman–Crippen LogP) is 4.15. The Kier molecular flexibility index (Phi) is 3.09. The molecule has 21 heavy (non-hydrogen) atoms. The molecule has 3 heteroatoms. The minimum Gasteiger partial charge on any atom is -0.493 e. The fraction of sp³-hybridized carbons (Fsp3) is 0.333. The van der Waals surface area contributed by atoms with Crippen LogP contribution in [0.5, 0.6) is 5.75 Å². The van der Waals surface area contributed by atoms with E-state index in [4.69, 9.17) is 4.74 Å². The minimum absolute atomic E-state index is 0.137. The van der Waals surface area contributed by atoms with Crippen LogP contribution in [0.3, 0.4) is 0 Å². The van der Waals surface area contributed by atoms with E-state index in [9.17, 15) is 5.11 Å². The summed E-state index contributed by atoms with van der Waals surface area (Å²) in [4.78, 5) is 0. The average Bonchev–Trinajstić information content (AvgIpc) is 3.19. The molecular formula is C18H17BrO2. The molecule has 0 amide bonds. The van der Waals surface area contributed by atoms with Gasteiger partial charge in [-0.25, -0.2) is 0 Å². The third kappa shape index (κ3) is 2.11. The molecule has 1 N–H and O–H groups in total. The first-order chi connectivity index (χ1) is 10.2. The zero-order valence-corrected chi connectivity index (χ0v) is 13.3. The van der Waals surface area contributed by atoms with E-state index < -0.39 is 6.10 Å². The van der Waals surface area contributed by atoms with Gasteiger partial charge >= 0.3 is 0 Å². The topological polar surface area (TPSA) is 29.5 Å². The van der Waals surface area contributed by atoms with Crippen LogP contribution in [0, 0.1) is 0 Å². The number of hydrogen-bond donors (Lipinski definition) is 1. The Balaban J connectivity index is 1.78. The lowest BCUT2D eigenvalue weighted by molar-refractivity contribution is 0.129. The van der Waals surface area contributed by atoms with Crippen molar-refractivity contribution >= 4 is 15.9 Å². The van der Waals surface area contributed by atoms with E-state index >= 15 is 0 Å². The molecule has 1 heterocycles. The van der Waals surface area contributed by atoms with Gasteiger partial charge in [-0.05, 0) is 36.1 Å². The summed E-state index contributed by atoms with van der Waals surface area (Å²) in [6.07, 6.45) is 2.47. The first-order valence-electron chi connectivity index (χ1n) is 7.39. The monoisotopic (exact) mass is 344 g/mol. The number of aliphatic hydroxyl groups is 1. The minimum atomic E-state index is -0.510. The van der Waals surface area contributed by atoms with Gasteiger partial charge in [0, 0.05) is 21.9 Å². The summed E-state index contributed by atoms with van der Waals surface area (Å²) in [7, 11) is 0. The Morgan fingerprint density at radius 2 is 1.90 bits per heavy atom. The van der Waals surface area contributed by atoms with Crippen LogP contribution in [0.2, 0.25) is 0 Å². The summed E-state index contributed by atoms with van der Waals surface area (Å²) in [6, 6.07) is 14.5. The lowest BCUT2D eigenvalue weighted by Gasteiger charge is -2.25. The van der Waals surface area contributed by atoms with Crippen molar-refractivity contribution in [1.29, 1.82) is 0 Å². The standard InChI is InChI=1S/C18H17BrO2/c19-14-10-12-6-9-21-16(12)15(11-14)17(20)18(7-8-18)13-4-2-1-3-5-13/h1-5,10-11,17,20H,6-9H2. The third-order valence-corrected chi connectivity index (χ3v) is 5.19. The van der Waals surface area contributed by atoms with Crippen molar-refractivity contribution in [2.75, 3.05) is 6.61 Å². The van der Waals surface area contributed by atoms with Crippen LogP contribution < -0.4 is 4.74 Å². The summed E-state index contributed by atoms with van der Waals surface area (Å²) in [5, 5.41) is 11.1. The third-order valence-electron chi connectivity index (χ3n) is 4.73. The van der Waals surface area contributed by atoms with Crippen LogP contribution in [0.15, 0.2) is 46.9 Å². The fourth-order valence-electron chi connectivity index (χ4n) is 3.42. The molecule has 0 aromatic heterocycles. The number of hydrogen-bond acceptors (Lipinski definition) is 2. The molecule has 2 aromatic rings. The molecular weight excluding hydrogens is 328 g/mol. The molecule has 2 aliphatic rings. The highest BCUT2D eigenvalue weighted by molar-refractivity contribution is 9.10. The zero-order chi connectivity index (χ0) is 14.4. The average molecular weight is 345 g/mol. The van der Waals surface area contributed by atoms with Crippen LogP contribution in [-0.4, -0.2) is 11.7 Å². The Morgan fingerprint density at radius 3 is 2.62 bits per heavy atom. The second-order valence-corrected chi connectivity index (χ2v) is 6.92. The van der Waals surface area contributed by atoms with Crippen LogP contribution in [0.25, 0.3) is 0 Å². The molecule has 0 saturated heterocycles. The molecule has 1 saturated carbocycles. The second kappa shape index (κ2) is 4.85. The molecule has 2 nitrogen and oxygen atoms in total. The van der Waals surface area contributed by atoms with Gasteiger partial charge in [-0.1, -0.05) is 46.3 Å². The number of halogens is 1. The molecule has 1 unspecified atom stereocenters. The Labute approximate surface area is 132 Å². The highest BCUT2D eigenvalue weighted by Crippen LogP contribution is 2.58. The van der Waals surface area contributed by atoms with Crippen molar-refractivity contribution in [2.24, 2.45) is 0 Å². The molecule has 0 bridgehead atoms. The van der Waals surface area contributed by atoms with Crippen LogP contribution in [0.1, 0.15) is 35.6 Å². The summed E-state index contributed by atoms with van der Waals surface area (Å²) in [5.74, 6) is 0.896. The quantitative estimate of drug-likeness (QED) is 0.906. The highest BCUT2D eigenvalue weighted by Gasteiger charge is 2.51. The van der Waals surface area contributed by atoms with Crippen molar-refractivity contribution in [3.63, 3.8) is 0 Å². The number of benzene rings is 2. The summed E-state index contributed by atoms with van der Waals surface area (Å²) < 4.78 is 6.80. The van der Waals surface area contributed by atoms with Crippen molar-refractivity contribution in [1.82, 2.24) is 0 Å². The lowest BCUT2D eigenvalue weighted by atomic mass is 9.85. The predicted molar refractivity (Wildman–Crippen MR) is 85.7 cm³/mol. The van der Waals surface area contributed by atoms with Crippen molar-refractivity contribution in [2.45, 2.75) is 30.8 Å². The molecule has 4 rings (SSSR count). The maximum Gasteiger partial charge on any atom is 0.128 e. The van der Waals surface area contributed by atoms with Crippen LogP contribution >= 0.6 is 15.9 Å². The molecule has 2 aromatic carbocycles. The van der Waals surface area contributed by atoms with Gasteiger partial charge in [-0.3, -0.25) is 0 Å². The fourth-order valence-corrected chi connectivity index (χ4v) is 3.95.